The number of nitrogens with one attached hydrogen (secondary N) is 1. The second-order valence-electron chi connectivity index (χ2n) is 5.50. The molecule has 6 heteroatoms. The number of halogens is 1. The Kier molecular flexibility index (Phi) is 3.45. The standard InChI is InChI=1S/C16H14ClNO4/c17-12-8-11(13(19)10-5-2-1-4-9(10)12)14(20)18-16(15(21)22)6-3-7-16/h1-2,4-5,8,19H,3,6-7H2,(H,18,20)(H,21,22). The predicted octanol–water partition coefficient (Wildman–Crippen LogP) is 2.94. The maximum absolute atomic E-state index is 12.4. The summed E-state index contributed by atoms with van der Waals surface area (Å²) >= 11 is 6.15. The second-order valence-corrected chi connectivity index (χ2v) is 5.90. The summed E-state index contributed by atoms with van der Waals surface area (Å²) in [6, 6.07) is 8.27. The number of carboxylic acid groups (broad SMARTS) is 1. The number of amides is 1. The van der Waals surface area contributed by atoms with Crippen molar-refractivity contribution in [2.75, 3.05) is 0 Å². The lowest BCUT2D eigenvalue weighted by molar-refractivity contribution is -0.148. The summed E-state index contributed by atoms with van der Waals surface area (Å²) in [4.78, 5) is 23.7. The van der Waals surface area contributed by atoms with Crippen molar-refractivity contribution in [1.82, 2.24) is 5.32 Å². The number of fused-ring (bicyclic) bond motifs is 1. The van der Waals surface area contributed by atoms with Crippen LogP contribution in [0.25, 0.3) is 10.8 Å². The number of carbonyl (C=O) groups is 2. The Bertz CT molecular complexity index is 783. The molecule has 0 unspecified atom stereocenters. The lowest BCUT2D eigenvalue weighted by Crippen LogP contribution is -2.59. The van der Waals surface area contributed by atoms with Crippen molar-refractivity contribution in [3.05, 3.63) is 40.9 Å². The number of benzene rings is 2. The fourth-order valence-electron chi connectivity index (χ4n) is 2.70. The van der Waals surface area contributed by atoms with E-state index in [4.69, 9.17) is 11.6 Å². The molecule has 3 rings (SSSR count). The van der Waals surface area contributed by atoms with Crippen LogP contribution in [0.2, 0.25) is 5.02 Å². The highest BCUT2D eigenvalue weighted by Crippen LogP contribution is 2.36. The molecular weight excluding hydrogens is 306 g/mol. The van der Waals surface area contributed by atoms with E-state index in [1.165, 1.54) is 6.07 Å². The number of carboxylic acids is 1. The van der Waals surface area contributed by atoms with Gasteiger partial charge in [-0.2, -0.15) is 0 Å². The van der Waals surface area contributed by atoms with Crippen LogP contribution in [0.4, 0.5) is 0 Å². The zero-order valence-corrected chi connectivity index (χ0v) is 12.4. The van der Waals surface area contributed by atoms with Crippen LogP contribution in [0.5, 0.6) is 5.75 Å². The number of rotatable bonds is 3. The van der Waals surface area contributed by atoms with Crippen molar-refractivity contribution in [3.63, 3.8) is 0 Å². The normalized spacial score (nSPS) is 16.0. The van der Waals surface area contributed by atoms with E-state index in [2.05, 4.69) is 5.32 Å². The van der Waals surface area contributed by atoms with Crippen LogP contribution in [-0.4, -0.2) is 27.6 Å². The number of phenols is 1. The summed E-state index contributed by atoms with van der Waals surface area (Å²) in [5.74, 6) is -1.89. The smallest absolute Gasteiger partial charge is 0.329 e. The topological polar surface area (TPSA) is 86.6 Å². The highest BCUT2D eigenvalue weighted by atomic mass is 35.5. The van der Waals surface area contributed by atoms with Gasteiger partial charge in [0.05, 0.1) is 5.56 Å². The minimum Gasteiger partial charge on any atom is -0.506 e. The molecule has 2 aromatic rings. The number of hydrogen-bond donors (Lipinski definition) is 3. The molecule has 1 fully saturated rings. The van der Waals surface area contributed by atoms with Crippen LogP contribution < -0.4 is 5.32 Å². The van der Waals surface area contributed by atoms with Gasteiger partial charge in [-0.05, 0) is 25.3 Å². The maximum Gasteiger partial charge on any atom is 0.329 e. The number of phenolic OH excluding ortho intramolecular Hbond substituents is 1. The van der Waals surface area contributed by atoms with Crippen molar-refractivity contribution in [3.8, 4) is 5.75 Å². The number of aromatic hydroxyl groups is 1. The Morgan fingerprint density at radius 1 is 1.18 bits per heavy atom. The zero-order chi connectivity index (χ0) is 15.9. The Morgan fingerprint density at radius 3 is 2.36 bits per heavy atom. The zero-order valence-electron chi connectivity index (χ0n) is 11.6. The van der Waals surface area contributed by atoms with Crippen molar-refractivity contribution < 1.29 is 19.8 Å². The fraction of sp³-hybridized carbons (Fsp3) is 0.250. The third kappa shape index (κ3) is 2.18. The molecule has 2 aromatic carbocycles. The van der Waals surface area contributed by atoms with Crippen LogP contribution in [0, 0.1) is 0 Å². The molecule has 0 aliphatic heterocycles. The van der Waals surface area contributed by atoms with E-state index in [-0.39, 0.29) is 11.3 Å². The highest BCUT2D eigenvalue weighted by Gasteiger charge is 2.46. The molecule has 0 atom stereocenters. The number of aliphatic carboxylic acids is 1. The van der Waals surface area contributed by atoms with E-state index in [9.17, 15) is 19.8 Å². The summed E-state index contributed by atoms with van der Waals surface area (Å²) < 4.78 is 0. The Balaban J connectivity index is 2.01. The van der Waals surface area contributed by atoms with Crippen molar-refractivity contribution in [2.45, 2.75) is 24.8 Å². The van der Waals surface area contributed by atoms with Gasteiger partial charge in [-0.3, -0.25) is 4.79 Å². The van der Waals surface area contributed by atoms with Gasteiger partial charge >= 0.3 is 5.97 Å². The SMILES string of the molecule is O=C(NC1(C(=O)O)CCC1)c1cc(Cl)c2ccccc2c1O. The van der Waals surface area contributed by atoms with E-state index in [0.29, 0.717) is 28.6 Å². The largest absolute Gasteiger partial charge is 0.506 e. The van der Waals surface area contributed by atoms with E-state index in [1.54, 1.807) is 24.3 Å². The van der Waals surface area contributed by atoms with Gasteiger partial charge in [0, 0.05) is 15.8 Å². The summed E-state index contributed by atoms with van der Waals surface area (Å²) in [5.41, 5.74) is -1.25. The first-order chi connectivity index (χ1) is 10.4. The van der Waals surface area contributed by atoms with Crippen LogP contribution in [-0.2, 0) is 4.79 Å². The highest BCUT2D eigenvalue weighted by molar-refractivity contribution is 6.36. The molecule has 5 nitrogen and oxygen atoms in total. The van der Waals surface area contributed by atoms with Gasteiger partial charge in [-0.25, -0.2) is 4.79 Å². The third-order valence-corrected chi connectivity index (χ3v) is 4.49. The monoisotopic (exact) mass is 319 g/mol. The number of carbonyl (C=O) groups excluding carboxylic acids is 1. The van der Waals surface area contributed by atoms with E-state index in [1.807, 2.05) is 0 Å². The first-order valence-corrected chi connectivity index (χ1v) is 7.28. The second kappa shape index (κ2) is 5.18. The van der Waals surface area contributed by atoms with Gasteiger partial charge in [0.2, 0.25) is 0 Å². The van der Waals surface area contributed by atoms with Gasteiger partial charge in [0.25, 0.3) is 5.91 Å². The van der Waals surface area contributed by atoms with Crippen LogP contribution >= 0.6 is 11.6 Å². The summed E-state index contributed by atoms with van der Waals surface area (Å²) in [5, 5.41) is 23.5. The molecule has 0 saturated heterocycles. The molecule has 1 saturated carbocycles. The lowest BCUT2D eigenvalue weighted by Gasteiger charge is -2.38. The Hall–Kier alpha value is -2.27. The molecule has 0 bridgehead atoms. The van der Waals surface area contributed by atoms with Crippen molar-refractivity contribution in [1.29, 1.82) is 0 Å². The Labute approximate surface area is 131 Å². The predicted molar refractivity (Wildman–Crippen MR) is 82.3 cm³/mol. The van der Waals surface area contributed by atoms with Gasteiger partial charge in [-0.15, -0.1) is 0 Å². The fourth-order valence-corrected chi connectivity index (χ4v) is 2.97. The molecule has 114 valence electrons. The molecule has 3 N–H and O–H groups in total. The van der Waals surface area contributed by atoms with Gasteiger partial charge < -0.3 is 15.5 Å². The third-order valence-electron chi connectivity index (χ3n) is 4.18. The van der Waals surface area contributed by atoms with E-state index < -0.39 is 17.4 Å². The molecule has 1 aliphatic carbocycles. The van der Waals surface area contributed by atoms with Gasteiger partial charge in [0.15, 0.2) is 0 Å². The number of hydrogen-bond acceptors (Lipinski definition) is 3. The molecule has 1 amide bonds. The van der Waals surface area contributed by atoms with Gasteiger partial charge in [-0.1, -0.05) is 35.9 Å². The first kappa shape index (κ1) is 14.7. The molecule has 22 heavy (non-hydrogen) atoms. The summed E-state index contributed by atoms with van der Waals surface area (Å²) in [6.07, 6.45) is 1.52. The van der Waals surface area contributed by atoms with Crippen LogP contribution in [0.15, 0.2) is 30.3 Å². The quantitative estimate of drug-likeness (QED) is 0.811. The molecule has 0 radical (unpaired) electrons. The maximum atomic E-state index is 12.4. The van der Waals surface area contributed by atoms with Gasteiger partial charge in [0.1, 0.15) is 11.3 Å². The summed E-state index contributed by atoms with van der Waals surface area (Å²) in [6.45, 7) is 0. The van der Waals surface area contributed by atoms with Crippen LogP contribution in [0.3, 0.4) is 0 Å². The molecule has 1 aliphatic rings. The average Bonchev–Trinajstić information content (AvgIpc) is 2.46. The minimum absolute atomic E-state index is 0.0174. The van der Waals surface area contributed by atoms with Crippen LogP contribution in [0.1, 0.15) is 29.6 Å². The van der Waals surface area contributed by atoms with Crippen molar-refractivity contribution >= 4 is 34.2 Å². The molecular formula is C16H14ClNO4. The molecule has 0 aromatic heterocycles. The first-order valence-electron chi connectivity index (χ1n) is 6.91. The molecule has 0 heterocycles. The van der Waals surface area contributed by atoms with E-state index >= 15 is 0 Å². The van der Waals surface area contributed by atoms with Crippen molar-refractivity contribution in [2.24, 2.45) is 0 Å². The minimum atomic E-state index is -1.23. The van der Waals surface area contributed by atoms with E-state index in [0.717, 1.165) is 6.42 Å². The lowest BCUT2D eigenvalue weighted by atomic mass is 9.76. The molecule has 0 spiro atoms. The average molecular weight is 320 g/mol. The Morgan fingerprint density at radius 2 is 1.82 bits per heavy atom. The summed E-state index contributed by atoms with van der Waals surface area (Å²) in [7, 11) is 0.